The molecule has 0 unspecified atom stereocenters. The van der Waals surface area contributed by atoms with Crippen LogP contribution in [0.5, 0.6) is 11.5 Å². The van der Waals surface area contributed by atoms with E-state index in [1.54, 1.807) is 28.9 Å². The molecule has 0 aliphatic rings. The molecule has 152 valence electrons. The number of fused-ring (bicyclic) bond motifs is 1. The standard InChI is InChI=1S/C21H19N5O4/c1-14-7-9-15(10-8-14)26-20-16(11-23-26)21(28)25(13-22-20)24-19(27)12-30-18-6-4-3-5-17(18)29-2/h3-11,13H,12H2,1-2H3,(H,24,27). The largest absolute Gasteiger partial charge is 0.493 e. The number of carbonyl (C=O) groups excluding carboxylic acids is 1. The van der Waals surface area contributed by atoms with Crippen LogP contribution in [0.15, 0.2) is 65.8 Å². The molecule has 0 aliphatic carbocycles. The van der Waals surface area contributed by atoms with Gasteiger partial charge < -0.3 is 9.47 Å². The molecule has 2 heterocycles. The summed E-state index contributed by atoms with van der Waals surface area (Å²) in [6.45, 7) is 1.69. The number of nitrogens with one attached hydrogen (secondary N) is 1. The molecule has 0 radical (unpaired) electrons. The van der Waals surface area contributed by atoms with Gasteiger partial charge in [0, 0.05) is 0 Å². The van der Waals surface area contributed by atoms with Gasteiger partial charge in [0.2, 0.25) is 0 Å². The van der Waals surface area contributed by atoms with Crippen molar-refractivity contribution < 1.29 is 14.3 Å². The second kappa shape index (κ2) is 8.08. The summed E-state index contributed by atoms with van der Waals surface area (Å²) in [6, 6.07) is 14.7. The fraction of sp³-hybridized carbons (Fsp3) is 0.143. The van der Waals surface area contributed by atoms with E-state index in [4.69, 9.17) is 9.47 Å². The lowest BCUT2D eigenvalue weighted by molar-refractivity contribution is -0.119. The number of aromatic nitrogens is 4. The molecule has 0 spiro atoms. The summed E-state index contributed by atoms with van der Waals surface area (Å²) in [5.41, 5.74) is 4.33. The Morgan fingerprint density at radius 2 is 1.83 bits per heavy atom. The SMILES string of the molecule is COc1ccccc1OCC(=O)Nn1cnc2c(cnn2-c2ccc(C)cc2)c1=O. The molecule has 0 fully saturated rings. The van der Waals surface area contributed by atoms with Crippen molar-refractivity contribution in [3.63, 3.8) is 0 Å². The van der Waals surface area contributed by atoms with Gasteiger partial charge in [-0.3, -0.25) is 15.0 Å². The summed E-state index contributed by atoms with van der Waals surface area (Å²) in [5, 5.41) is 4.54. The Morgan fingerprint density at radius 3 is 2.57 bits per heavy atom. The number of hydrogen-bond donors (Lipinski definition) is 1. The van der Waals surface area contributed by atoms with Crippen molar-refractivity contribution in [1.29, 1.82) is 0 Å². The maximum atomic E-state index is 12.7. The third-order valence-electron chi connectivity index (χ3n) is 4.44. The third-order valence-corrected chi connectivity index (χ3v) is 4.44. The summed E-state index contributed by atoms with van der Waals surface area (Å²) in [4.78, 5) is 29.3. The van der Waals surface area contributed by atoms with Gasteiger partial charge in [0.05, 0.1) is 19.0 Å². The first-order valence-electron chi connectivity index (χ1n) is 9.15. The van der Waals surface area contributed by atoms with E-state index in [-0.39, 0.29) is 12.0 Å². The first kappa shape index (κ1) is 19.2. The van der Waals surface area contributed by atoms with Gasteiger partial charge in [-0.2, -0.15) is 5.10 Å². The highest BCUT2D eigenvalue weighted by molar-refractivity contribution is 5.85. The fourth-order valence-electron chi connectivity index (χ4n) is 2.91. The van der Waals surface area contributed by atoms with Crippen molar-refractivity contribution in [2.24, 2.45) is 0 Å². The van der Waals surface area contributed by atoms with Gasteiger partial charge in [-0.25, -0.2) is 14.3 Å². The average molecular weight is 405 g/mol. The molecule has 1 amide bonds. The predicted molar refractivity (Wildman–Crippen MR) is 111 cm³/mol. The van der Waals surface area contributed by atoms with Crippen LogP contribution in [0.25, 0.3) is 16.7 Å². The Morgan fingerprint density at radius 1 is 1.10 bits per heavy atom. The number of benzene rings is 2. The summed E-state index contributed by atoms with van der Waals surface area (Å²) in [7, 11) is 1.51. The molecule has 2 aromatic carbocycles. The number of nitrogens with zero attached hydrogens (tertiary/aromatic N) is 4. The lowest BCUT2D eigenvalue weighted by Crippen LogP contribution is -2.35. The maximum Gasteiger partial charge on any atom is 0.283 e. The van der Waals surface area contributed by atoms with Crippen molar-refractivity contribution in [3.05, 3.63) is 77.0 Å². The van der Waals surface area contributed by atoms with Gasteiger partial charge in [-0.05, 0) is 31.2 Å². The molecule has 0 atom stereocenters. The van der Waals surface area contributed by atoms with E-state index in [2.05, 4.69) is 15.5 Å². The van der Waals surface area contributed by atoms with Gasteiger partial charge in [-0.15, -0.1) is 0 Å². The number of hydrogen-bond acceptors (Lipinski definition) is 6. The molecule has 4 aromatic rings. The molecule has 0 saturated carbocycles. The highest BCUT2D eigenvalue weighted by atomic mass is 16.5. The normalized spacial score (nSPS) is 10.7. The van der Waals surface area contributed by atoms with E-state index in [1.807, 2.05) is 31.2 Å². The number of aryl methyl sites for hydroxylation is 1. The maximum absolute atomic E-state index is 12.7. The molecule has 9 nitrogen and oxygen atoms in total. The van der Waals surface area contributed by atoms with Crippen LogP contribution in [0.1, 0.15) is 5.56 Å². The minimum Gasteiger partial charge on any atom is -0.493 e. The van der Waals surface area contributed by atoms with E-state index in [9.17, 15) is 9.59 Å². The minimum absolute atomic E-state index is 0.282. The molecule has 0 bridgehead atoms. The molecular weight excluding hydrogens is 386 g/mol. The molecule has 2 aromatic heterocycles. The molecular formula is C21H19N5O4. The number of amides is 1. The predicted octanol–water partition coefficient (Wildman–Crippen LogP) is 2.05. The lowest BCUT2D eigenvalue weighted by atomic mass is 10.2. The van der Waals surface area contributed by atoms with Crippen molar-refractivity contribution >= 4 is 16.9 Å². The van der Waals surface area contributed by atoms with E-state index >= 15 is 0 Å². The Labute approximate surface area is 171 Å². The summed E-state index contributed by atoms with van der Waals surface area (Å²) >= 11 is 0. The highest BCUT2D eigenvalue weighted by Crippen LogP contribution is 2.25. The number of rotatable bonds is 6. The Bertz CT molecular complexity index is 1260. The van der Waals surface area contributed by atoms with Gasteiger partial charge in [-0.1, -0.05) is 29.8 Å². The van der Waals surface area contributed by atoms with E-state index in [1.165, 1.54) is 19.6 Å². The number of carbonyl (C=O) groups is 1. The minimum atomic E-state index is -0.518. The third kappa shape index (κ3) is 3.72. The molecule has 0 aliphatic heterocycles. The second-order valence-corrected chi connectivity index (χ2v) is 6.52. The molecule has 1 N–H and O–H groups in total. The number of ether oxygens (including phenoxy) is 2. The Kier molecular flexibility index (Phi) is 5.17. The van der Waals surface area contributed by atoms with Gasteiger partial charge >= 0.3 is 0 Å². The average Bonchev–Trinajstić information content (AvgIpc) is 3.20. The fourth-order valence-corrected chi connectivity index (χ4v) is 2.91. The second-order valence-electron chi connectivity index (χ2n) is 6.52. The topological polar surface area (TPSA) is 100 Å². The Balaban J connectivity index is 1.52. The smallest absolute Gasteiger partial charge is 0.283 e. The van der Waals surface area contributed by atoms with Crippen LogP contribution in [0.4, 0.5) is 0 Å². The van der Waals surface area contributed by atoms with Crippen LogP contribution in [0.3, 0.4) is 0 Å². The lowest BCUT2D eigenvalue weighted by Gasteiger charge is -2.11. The van der Waals surface area contributed by atoms with Crippen LogP contribution >= 0.6 is 0 Å². The van der Waals surface area contributed by atoms with Crippen LogP contribution in [-0.4, -0.2) is 39.1 Å². The first-order valence-corrected chi connectivity index (χ1v) is 9.15. The van der Waals surface area contributed by atoms with Crippen LogP contribution in [-0.2, 0) is 4.79 Å². The van der Waals surface area contributed by atoms with E-state index in [0.29, 0.717) is 17.1 Å². The Hall–Kier alpha value is -4.14. The van der Waals surface area contributed by atoms with Gasteiger partial charge in [0.15, 0.2) is 23.8 Å². The van der Waals surface area contributed by atoms with Gasteiger partial charge in [0.25, 0.3) is 11.5 Å². The zero-order chi connectivity index (χ0) is 21.1. The van der Waals surface area contributed by atoms with Crippen molar-refractivity contribution in [2.45, 2.75) is 6.92 Å². The number of para-hydroxylation sites is 2. The van der Waals surface area contributed by atoms with E-state index in [0.717, 1.165) is 15.9 Å². The number of methoxy groups -OCH3 is 1. The molecule has 30 heavy (non-hydrogen) atoms. The van der Waals surface area contributed by atoms with Crippen molar-refractivity contribution in [2.75, 3.05) is 19.1 Å². The molecule has 0 saturated heterocycles. The zero-order valence-corrected chi connectivity index (χ0v) is 16.4. The molecule has 9 heteroatoms. The summed E-state index contributed by atoms with van der Waals surface area (Å²) in [5.74, 6) is 0.416. The van der Waals surface area contributed by atoms with Gasteiger partial charge in [0.1, 0.15) is 11.7 Å². The highest BCUT2D eigenvalue weighted by Gasteiger charge is 2.13. The molecule has 4 rings (SSSR count). The zero-order valence-electron chi connectivity index (χ0n) is 16.4. The first-order chi connectivity index (χ1) is 14.6. The van der Waals surface area contributed by atoms with Crippen molar-refractivity contribution in [1.82, 2.24) is 19.4 Å². The van der Waals surface area contributed by atoms with Crippen LogP contribution < -0.4 is 20.5 Å². The van der Waals surface area contributed by atoms with Crippen LogP contribution in [0.2, 0.25) is 0 Å². The quantitative estimate of drug-likeness (QED) is 0.527. The monoisotopic (exact) mass is 405 g/mol. The van der Waals surface area contributed by atoms with E-state index < -0.39 is 11.5 Å². The van der Waals surface area contributed by atoms with Crippen molar-refractivity contribution in [3.8, 4) is 17.2 Å². The van der Waals surface area contributed by atoms with Crippen LogP contribution in [0, 0.1) is 6.92 Å². The summed E-state index contributed by atoms with van der Waals surface area (Å²) < 4.78 is 13.2. The summed E-state index contributed by atoms with van der Waals surface area (Å²) in [6.07, 6.45) is 2.68.